The maximum Gasteiger partial charge on any atom is 0.244 e. The first-order chi connectivity index (χ1) is 16.5. The van der Waals surface area contributed by atoms with E-state index in [4.69, 9.17) is 0 Å². The molecule has 2 amide bonds. The number of rotatable bonds is 9. The lowest BCUT2D eigenvalue weighted by Gasteiger charge is -2.33. The van der Waals surface area contributed by atoms with E-state index in [2.05, 4.69) is 21.2 Å². The van der Waals surface area contributed by atoms with Gasteiger partial charge in [0.05, 0.1) is 11.9 Å². The number of anilines is 1. The second-order valence-corrected chi connectivity index (χ2v) is 11.7. The Balaban J connectivity index is 1.85. The molecule has 0 bridgehead atoms. The van der Waals surface area contributed by atoms with Crippen LogP contribution in [-0.2, 0) is 26.2 Å². The van der Waals surface area contributed by atoms with Gasteiger partial charge in [-0.3, -0.25) is 13.9 Å². The minimum atomic E-state index is -3.79. The minimum absolute atomic E-state index is 0.0380. The van der Waals surface area contributed by atoms with Gasteiger partial charge in [-0.15, -0.1) is 0 Å². The van der Waals surface area contributed by atoms with Gasteiger partial charge in [0, 0.05) is 17.1 Å². The molecule has 0 unspecified atom stereocenters. The largest absolute Gasteiger partial charge is 0.352 e. The topological polar surface area (TPSA) is 86.8 Å². The normalized spacial score (nSPS) is 15.3. The number of halogens is 2. The van der Waals surface area contributed by atoms with E-state index in [-0.39, 0.29) is 18.5 Å². The van der Waals surface area contributed by atoms with Crippen LogP contribution in [0.4, 0.5) is 10.1 Å². The molecule has 7 nitrogen and oxygen atoms in total. The van der Waals surface area contributed by atoms with Crippen LogP contribution in [0.2, 0.25) is 0 Å². The van der Waals surface area contributed by atoms with Crippen molar-refractivity contribution in [1.82, 2.24) is 10.2 Å². The Kier molecular flexibility index (Phi) is 9.29. The second-order valence-electron chi connectivity index (χ2n) is 8.91. The second kappa shape index (κ2) is 12.0. The van der Waals surface area contributed by atoms with Gasteiger partial charge < -0.3 is 10.2 Å². The molecule has 2 aromatic rings. The Morgan fingerprint density at radius 3 is 2.23 bits per heavy atom. The summed E-state index contributed by atoms with van der Waals surface area (Å²) in [5.41, 5.74) is 0.969. The Bertz CT molecular complexity index is 1120. The van der Waals surface area contributed by atoms with Crippen molar-refractivity contribution in [2.45, 2.75) is 57.7 Å². The summed E-state index contributed by atoms with van der Waals surface area (Å²) in [6.07, 6.45) is 6.08. The molecule has 1 atom stereocenters. The van der Waals surface area contributed by atoms with E-state index < -0.39 is 34.3 Å². The zero-order valence-corrected chi connectivity index (χ0v) is 22.3. The van der Waals surface area contributed by atoms with Gasteiger partial charge in [0.15, 0.2) is 0 Å². The summed E-state index contributed by atoms with van der Waals surface area (Å²) in [7, 11) is -3.79. The SMILES string of the molecule is C[C@H](C(=O)NC1CCCCC1)N(Cc1ccc(F)cc1)C(=O)CN(c1ccc(Br)cc1)S(C)(=O)=O. The Labute approximate surface area is 214 Å². The lowest BCUT2D eigenvalue weighted by molar-refractivity contribution is -0.139. The molecule has 190 valence electrons. The predicted octanol–water partition coefficient (Wildman–Crippen LogP) is 4.22. The minimum Gasteiger partial charge on any atom is -0.352 e. The first kappa shape index (κ1) is 27.1. The average molecular weight is 569 g/mol. The van der Waals surface area contributed by atoms with Crippen LogP contribution < -0.4 is 9.62 Å². The highest BCUT2D eigenvalue weighted by Crippen LogP contribution is 2.22. The molecular formula is C25H31BrFN3O4S. The van der Waals surface area contributed by atoms with Crippen molar-refractivity contribution >= 4 is 43.5 Å². The van der Waals surface area contributed by atoms with E-state index in [0.29, 0.717) is 11.3 Å². The fourth-order valence-corrected chi connectivity index (χ4v) is 5.27. The van der Waals surface area contributed by atoms with Gasteiger partial charge in [0.1, 0.15) is 18.4 Å². The van der Waals surface area contributed by atoms with Gasteiger partial charge in [0.2, 0.25) is 21.8 Å². The van der Waals surface area contributed by atoms with Crippen LogP contribution in [0.5, 0.6) is 0 Å². The third-order valence-corrected chi connectivity index (χ3v) is 7.85. The van der Waals surface area contributed by atoms with E-state index in [0.717, 1.165) is 47.1 Å². The maximum absolute atomic E-state index is 13.5. The number of amides is 2. The molecule has 0 aromatic heterocycles. The zero-order valence-electron chi connectivity index (χ0n) is 19.9. The fourth-order valence-electron chi connectivity index (χ4n) is 4.16. The van der Waals surface area contributed by atoms with Crippen molar-refractivity contribution in [2.24, 2.45) is 0 Å². The van der Waals surface area contributed by atoms with Crippen LogP contribution in [0.3, 0.4) is 0 Å². The van der Waals surface area contributed by atoms with Gasteiger partial charge in [-0.25, -0.2) is 12.8 Å². The highest BCUT2D eigenvalue weighted by Gasteiger charge is 2.31. The lowest BCUT2D eigenvalue weighted by atomic mass is 9.95. The monoisotopic (exact) mass is 567 g/mol. The van der Waals surface area contributed by atoms with E-state index >= 15 is 0 Å². The molecule has 1 saturated carbocycles. The summed E-state index contributed by atoms with van der Waals surface area (Å²) >= 11 is 3.32. The first-order valence-corrected chi connectivity index (χ1v) is 14.3. The van der Waals surface area contributed by atoms with Crippen molar-refractivity contribution in [3.8, 4) is 0 Å². The highest BCUT2D eigenvalue weighted by atomic mass is 79.9. The van der Waals surface area contributed by atoms with E-state index in [1.807, 2.05) is 0 Å². The van der Waals surface area contributed by atoms with Crippen molar-refractivity contribution < 1.29 is 22.4 Å². The van der Waals surface area contributed by atoms with Crippen LogP contribution in [0.1, 0.15) is 44.6 Å². The van der Waals surface area contributed by atoms with Crippen molar-refractivity contribution in [1.29, 1.82) is 0 Å². The molecule has 0 spiro atoms. The summed E-state index contributed by atoms with van der Waals surface area (Å²) in [6.45, 7) is 1.20. The molecule has 1 aliphatic carbocycles. The van der Waals surface area contributed by atoms with Crippen LogP contribution >= 0.6 is 15.9 Å². The number of hydrogen-bond donors (Lipinski definition) is 1. The van der Waals surface area contributed by atoms with Gasteiger partial charge >= 0.3 is 0 Å². The number of nitrogens with zero attached hydrogens (tertiary/aromatic N) is 2. The number of benzene rings is 2. The van der Waals surface area contributed by atoms with Crippen molar-refractivity contribution in [3.05, 3.63) is 64.4 Å². The van der Waals surface area contributed by atoms with E-state index in [9.17, 15) is 22.4 Å². The van der Waals surface area contributed by atoms with Crippen molar-refractivity contribution in [3.63, 3.8) is 0 Å². The molecule has 2 aromatic carbocycles. The molecule has 1 N–H and O–H groups in total. The summed E-state index contributed by atoms with van der Waals surface area (Å²) in [5, 5.41) is 3.04. The van der Waals surface area contributed by atoms with Gasteiger partial charge in [-0.1, -0.05) is 47.3 Å². The maximum atomic E-state index is 13.5. The standard InChI is InChI=1S/C25H31BrFN3O4S/c1-18(25(32)28-22-6-4-3-5-7-22)29(16-19-8-12-21(27)13-9-19)24(31)17-30(35(2,33)34)23-14-10-20(26)11-15-23/h8-15,18,22H,3-7,16-17H2,1-2H3,(H,28,32)/t18-/m1/s1. The molecule has 1 fully saturated rings. The van der Waals surface area contributed by atoms with E-state index in [1.54, 1.807) is 43.3 Å². The number of nitrogens with one attached hydrogen (secondary N) is 1. The fraction of sp³-hybridized carbons (Fsp3) is 0.440. The molecule has 35 heavy (non-hydrogen) atoms. The van der Waals surface area contributed by atoms with E-state index in [1.165, 1.54) is 17.0 Å². The number of sulfonamides is 1. The number of carbonyl (C=O) groups excluding carboxylic acids is 2. The highest BCUT2D eigenvalue weighted by molar-refractivity contribution is 9.10. The molecule has 0 saturated heterocycles. The number of hydrogen-bond acceptors (Lipinski definition) is 4. The molecule has 3 rings (SSSR count). The summed E-state index contributed by atoms with van der Waals surface area (Å²) < 4.78 is 40.3. The Morgan fingerprint density at radius 2 is 1.66 bits per heavy atom. The first-order valence-electron chi connectivity index (χ1n) is 11.6. The van der Waals surface area contributed by atoms with Crippen LogP contribution in [0.15, 0.2) is 53.0 Å². The smallest absolute Gasteiger partial charge is 0.244 e. The quantitative estimate of drug-likeness (QED) is 0.491. The molecule has 0 radical (unpaired) electrons. The summed E-state index contributed by atoms with van der Waals surface area (Å²) in [6, 6.07) is 11.5. The zero-order chi connectivity index (χ0) is 25.6. The van der Waals surface area contributed by atoms with Crippen molar-refractivity contribution in [2.75, 3.05) is 17.1 Å². The molecule has 0 heterocycles. The molecule has 10 heteroatoms. The average Bonchev–Trinajstić information content (AvgIpc) is 2.82. The summed E-state index contributed by atoms with van der Waals surface area (Å²) in [5.74, 6) is -1.23. The van der Waals surface area contributed by atoms with Crippen LogP contribution in [0.25, 0.3) is 0 Å². The number of carbonyl (C=O) groups is 2. The summed E-state index contributed by atoms with van der Waals surface area (Å²) in [4.78, 5) is 27.9. The van der Waals surface area contributed by atoms with Crippen LogP contribution in [0, 0.1) is 5.82 Å². The molecular weight excluding hydrogens is 537 g/mol. The third-order valence-electron chi connectivity index (χ3n) is 6.18. The van der Waals surface area contributed by atoms with Gasteiger partial charge in [-0.05, 0) is 61.7 Å². The van der Waals surface area contributed by atoms with Gasteiger partial charge in [-0.2, -0.15) is 0 Å². The predicted molar refractivity (Wildman–Crippen MR) is 138 cm³/mol. The Hall–Kier alpha value is -2.46. The lowest BCUT2D eigenvalue weighted by Crippen LogP contribution is -2.52. The molecule has 1 aliphatic rings. The third kappa shape index (κ3) is 7.76. The van der Waals surface area contributed by atoms with Crippen LogP contribution in [-0.4, -0.2) is 50.0 Å². The molecule has 0 aliphatic heterocycles. The van der Waals surface area contributed by atoms with Gasteiger partial charge in [0.25, 0.3) is 0 Å². The Morgan fingerprint density at radius 1 is 1.06 bits per heavy atom.